The molecule has 4 nitrogen and oxygen atoms in total. The number of hydrogen-bond acceptors (Lipinski definition) is 4. The Hall–Kier alpha value is -1.00. The van der Waals surface area contributed by atoms with Gasteiger partial charge in [0.25, 0.3) is 0 Å². The van der Waals surface area contributed by atoms with Crippen LogP contribution in [0, 0.1) is 34.5 Å². The second-order valence-corrected chi connectivity index (χ2v) is 11.3. The first-order chi connectivity index (χ1) is 13.7. The van der Waals surface area contributed by atoms with Crippen LogP contribution in [-0.4, -0.2) is 35.5 Å². The molecule has 0 radical (unpaired) electrons. The summed E-state index contributed by atoms with van der Waals surface area (Å²) in [6.45, 7) is 4.42. The number of methoxy groups -OCH3 is 1. The average molecular weight is 401 g/mol. The van der Waals surface area contributed by atoms with Crippen LogP contribution >= 0.6 is 0 Å². The predicted molar refractivity (Wildman–Crippen MR) is 110 cm³/mol. The number of ketones is 2. The molecule has 3 unspecified atom stereocenters. The lowest BCUT2D eigenvalue weighted by atomic mass is 9.46. The van der Waals surface area contributed by atoms with Gasteiger partial charge in [-0.1, -0.05) is 32.3 Å². The minimum absolute atomic E-state index is 0.00347. The van der Waals surface area contributed by atoms with Crippen molar-refractivity contribution in [3.05, 3.63) is 11.6 Å². The minimum Gasteiger partial charge on any atom is -0.385 e. The van der Waals surface area contributed by atoms with Crippen LogP contribution in [0.2, 0.25) is 0 Å². The molecule has 160 valence electrons. The highest BCUT2D eigenvalue weighted by Gasteiger charge is 2.63. The number of allylic oxidation sites excluding steroid dienone is 2. The number of hydrogen-bond donors (Lipinski definition) is 1. The van der Waals surface area contributed by atoms with Gasteiger partial charge < -0.3 is 9.84 Å². The van der Waals surface area contributed by atoms with Gasteiger partial charge in [-0.3, -0.25) is 9.59 Å². The van der Waals surface area contributed by atoms with Gasteiger partial charge in [-0.25, -0.2) is 0 Å². The molecule has 5 aliphatic rings. The van der Waals surface area contributed by atoms with Crippen molar-refractivity contribution in [3.8, 4) is 0 Å². The molecule has 0 aromatic carbocycles. The second-order valence-electron chi connectivity index (χ2n) is 11.3. The van der Waals surface area contributed by atoms with Crippen LogP contribution in [0.1, 0.15) is 78.1 Å². The molecule has 0 bridgehead atoms. The van der Waals surface area contributed by atoms with E-state index in [1.54, 1.807) is 0 Å². The monoisotopic (exact) mass is 400 g/mol. The molecule has 0 aromatic rings. The van der Waals surface area contributed by atoms with Crippen molar-refractivity contribution in [2.45, 2.75) is 89.8 Å². The van der Waals surface area contributed by atoms with Crippen LogP contribution in [0.3, 0.4) is 0 Å². The third kappa shape index (κ3) is 2.57. The van der Waals surface area contributed by atoms with E-state index >= 15 is 0 Å². The normalized spacial score (nSPS) is 48.7. The van der Waals surface area contributed by atoms with Crippen LogP contribution in [0.25, 0.3) is 0 Å². The summed E-state index contributed by atoms with van der Waals surface area (Å²) < 4.78 is 6.10. The summed E-state index contributed by atoms with van der Waals surface area (Å²) in [6, 6.07) is 0. The first-order valence-electron chi connectivity index (χ1n) is 11.8. The zero-order valence-electron chi connectivity index (χ0n) is 18.2. The Morgan fingerprint density at radius 2 is 1.72 bits per heavy atom. The number of carbonyl (C=O) groups is 2. The average Bonchev–Trinajstić information content (AvgIpc) is 3.27. The Morgan fingerprint density at radius 1 is 1.00 bits per heavy atom. The molecule has 0 amide bonds. The Labute approximate surface area is 174 Å². The van der Waals surface area contributed by atoms with Crippen molar-refractivity contribution >= 4 is 11.6 Å². The van der Waals surface area contributed by atoms with E-state index in [0.717, 1.165) is 38.5 Å². The molecule has 0 saturated heterocycles. The molecule has 0 heterocycles. The number of aliphatic hydroxyl groups excluding tert-OH is 1. The zero-order valence-corrected chi connectivity index (χ0v) is 18.2. The molecule has 4 heteroatoms. The van der Waals surface area contributed by atoms with Crippen LogP contribution in [-0.2, 0) is 14.3 Å². The fourth-order valence-electron chi connectivity index (χ4n) is 8.38. The number of carbonyl (C=O) groups excluding carboxylic acids is 2. The van der Waals surface area contributed by atoms with Gasteiger partial charge in [0.2, 0.25) is 0 Å². The number of rotatable bonds is 2. The van der Waals surface area contributed by atoms with Crippen molar-refractivity contribution in [2.24, 2.45) is 34.5 Å². The molecule has 7 atom stereocenters. The van der Waals surface area contributed by atoms with E-state index in [4.69, 9.17) is 4.74 Å². The van der Waals surface area contributed by atoms with Gasteiger partial charge in [0.05, 0.1) is 5.60 Å². The largest absolute Gasteiger partial charge is 0.385 e. The SMILES string of the molecule is COC1([C@H]2CC[C@@]3(C)C(=CC(=O)C4C3CC[C@@]3(C)C4CC(=O)[C@@H]3O)C2)CCCC1. The van der Waals surface area contributed by atoms with E-state index < -0.39 is 11.5 Å². The first-order valence-corrected chi connectivity index (χ1v) is 11.8. The van der Waals surface area contributed by atoms with Crippen LogP contribution in [0.5, 0.6) is 0 Å². The third-order valence-corrected chi connectivity index (χ3v) is 10.3. The maximum absolute atomic E-state index is 13.4. The second kappa shape index (κ2) is 6.50. The fraction of sp³-hybridized carbons (Fsp3) is 0.840. The molecular formula is C25H36O4. The van der Waals surface area contributed by atoms with Crippen molar-refractivity contribution < 1.29 is 19.4 Å². The maximum Gasteiger partial charge on any atom is 0.162 e. The predicted octanol–water partition coefficient (Wildman–Crippen LogP) is 4.24. The van der Waals surface area contributed by atoms with Gasteiger partial charge >= 0.3 is 0 Å². The fourth-order valence-corrected chi connectivity index (χ4v) is 8.38. The Morgan fingerprint density at radius 3 is 2.41 bits per heavy atom. The minimum atomic E-state index is -0.890. The van der Waals surface area contributed by atoms with Gasteiger partial charge in [-0.05, 0) is 74.2 Å². The molecule has 4 saturated carbocycles. The van der Waals surface area contributed by atoms with E-state index in [0.29, 0.717) is 18.3 Å². The van der Waals surface area contributed by atoms with Gasteiger partial charge in [-0.2, -0.15) is 0 Å². The summed E-state index contributed by atoms with van der Waals surface area (Å²) in [6.07, 6.45) is 11.3. The zero-order chi connectivity index (χ0) is 20.6. The van der Waals surface area contributed by atoms with Crippen molar-refractivity contribution in [2.75, 3.05) is 7.11 Å². The lowest BCUT2D eigenvalue weighted by Gasteiger charge is -2.57. The van der Waals surface area contributed by atoms with E-state index in [-0.39, 0.29) is 34.4 Å². The molecule has 0 aliphatic heterocycles. The molecule has 0 aromatic heterocycles. The van der Waals surface area contributed by atoms with Crippen LogP contribution in [0.4, 0.5) is 0 Å². The summed E-state index contributed by atoms with van der Waals surface area (Å²) in [7, 11) is 1.87. The lowest BCUT2D eigenvalue weighted by molar-refractivity contribution is -0.139. The van der Waals surface area contributed by atoms with E-state index in [1.807, 2.05) is 20.1 Å². The van der Waals surface area contributed by atoms with Gasteiger partial charge in [0.1, 0.15) is 6.10 Å². The quantitative estimate of drug-likeness (QED) is 0.753. The molecule has 0 spiro atoms. The maximum atomic E-state index is 13.4. The third-order valence-electron chi connectivity index (χ3n) is 10.3. The number of ether oxygens (including phenoxy) is 1. The van der Waals surface area contributed by atoms with Gasteiger partial charge in [-0.15, -0.1) is 0 Å². The Kier molecular flexibility index (Phi) is 4.47. The van der Waals surface area contributed by atoms with Crippen LogP contribution < -0.4 is 0 Å². The number of Topliss-reactive ketones (excluding diaryl/α,β-unsaturated/α-hetero) is 1. The molecule has 1 N–H and O–H groups in total. The molecule has 5 aliphatic carbocycles. The standard InChI is InChI=1S/C25H36O4/c1-23-10-6-15(25(29-3)8-4-5-9-25)12-16(23)13-19(26)21-17(23)7-11-24(2)18(21)14-20(27)22(24)28/h13,15,17-18,21-22,28H,4-12,14H2,1-3H3/t15-,17?,18?,21?,22-,23-,24-/m0/s1. The van der Waals surface area contributed by atoms with E-state index in [1.165, 1.54) is 24.8 Å². The van der Waals surface area contributed by atoms with Gasteiger partial charge in [0, 0.05) is 24.9 Å². The smallest absolute Gasteiger partial charge is 0.162 e. The summed E-state index contributed by atoms with van der Waals surface area (Å²) in [4.78, 5) is 25.8. The lowest BCUT2D eigenvalue weighted by Crippen LogP contribution is -2.54. The van der Waals surface area contributed by atoms with Gasteiger partial charge in [0.15, 0.2) is 11.6 Å². The highest BCUT2D eigenvalue weighted by Crippen LogP contribution is 2.65. The van der Waals surface area contributed by atoms with E-state index in [2.05, 4.69) is 6.92 Å². The molecule has 29 heavy (non-hydrogen) atoms. The summed E-state index contributed by atoms with van der Waals surface area (Å²) in [5.74, 6) is 0.903. The van der Waals surface area contributed by atoms with Crippen molar-refractivity contribution in [3.63, 3.8) is 0 Å². The summed E-state index contributed by atoms with van der Waals surface area (Å²) >= 11 is 0. The number of fused-ring (bicyclic) bond motifs is 5. The summed E-state index contributed by atoms with van der Waals surface area (Å²) in [5.41, 5.74) is 0.990. The number of aliphatic hydroxyl groups is 1. The van der Waals surface area contributed by atoms with Crippen molar-refractivity contribution in [1.82, 2.24) is 0 Å². The molecular weight excluding hydrogens is 364 g/mol. The first kappa shape index (κ1) is 19.9. The molecule has 4 fully saturated rings. The Bertz CT molecular complexity index is 763. The highest BCUT2D eigenvalue weighted by atomic mass is 16.5. The molecule has 5 rings (SSSR count). The van der Waals surface area contributed by atoms with Crippen LogP contribution in [0.15, 0.2) is 11.6 Å². The Balaban J connectivity index is 1.47. The summed E-state index contributed by atoms with van der Waals surface area (Å²) in [5, 5.41) is 10.5. The van der Waals surface area contributed by atoms with Crippen molar-refractivity contribution in [1.29, 1.82) is 0 Å². The topological polar surface area (TPSA) is 63.6 Å². The van der Waals surface area contributed by atoms with E-state index in [9.17, 15) is 14.7 Å². The highest BCUT2D eigenvalue weighted by molar-refractivity contribution is 5.96.